The van der Waals surface area contributed by atoms with E-state index in [-0.39, 0.29) is 0 Å². The van der Waals surface area contributed by atoms with Gasteiger partial charge in [0.05, 0.1) is 5.69 Å². The van der Waals surface area contributed by atoms with Crippen LogP contribution in [0.4, 0.5) is 17.1 Å². The lowest BCUT2D eigenvalue weighted by Gasteiger charge is -2.30. The summed E-state index contributed by atoms with van der Waals surface area (Å²) in [6.45, 7) is 0. The van der Waals surface area contributed by atoms with Gasteiger partial charge in [0.2, 0.25) is 0 Å². The van der Waals surface area contributed by atoms with Gasteiger partial charge in [-0.2, -0.15) is 0 Å². The monoisotopic (exact) mass is 689 g/mol. The Bertz CT molecular complexity index is 2920. The normalized spacial score (nSPS) is 11.3. The zero-order valence-corrected chi connectivity index (χ0v) is 29.6. The van der Waals surface area contributed by atoms with Crippen molar-refractivity contribution in [1.29, 1.82) is 0 Å². The fraction of sp³-hybridized carbons (Fsp3) is 0. The Labute approximate surface area is 314 Å². The summed E-state index contributed by atoms with van der Waals surface area (Å²) in [5.41, 5.74) is 14.3. The van der Waals surface area contributed by atoms with Gasteiger partial charge >= 0.3 is 0 Å². The first kappa shape index (κ1) is 31.6. The average molecular weight is 690 g/mol. The third kappa shape index (κ3) is 5.53. The Morgan fingerprint density at radius 3 is 1.69 bits per heavy atom. The molecular weight excluding hydrogens is 655 g/mol. The molecule has 10 aromatic rings. The van der Waals surface area contributed by atoms with Crippen molar-refractivity contribution in [2.24, 2.45) is 0 Å². The molecule has 0 aliphatic rings. The van der Waals surface area contributed by atoms with Crippen molar-refractivity contribution in [3.63, 3.8) is 0 Å². The Balaban J connectivity index is 1.21. The summed E-state index contributed by atoms with van der Waals surface area (Å²) in [6, 6.07) is 76.0. The number of anilines is 3. The minimum Gasteiger partial charge on any atom is -0.455 e. The highest BCUT2D eigenvalue weighted by Gasteiger charge is 2.23. The Kier molecular flexibility index (Phi) is 7.85. The molecule has 1 aromatic heterocycles. The van der Waals surface area contributed by atoms with E-state index in [1.54, 1.807) is 0 Å². The van der Waals surface area contributed by atoms with Crippen molar-refractivity contribution in [3.8, 4) is 44.5 Å². The van der Waals surface area contributed by atoms with Gasteiger partial charge < -0.3 is 9.32 Å². The minimum atomic E-state index is 0.903. The van der Waals surface area contributed by atoms with Crippen LogP contribution in [-0.4, -0.2) is 0 Å². The van der Waals surface area contributed by atoms with E-state index in [2.05, 4.69) is 205 Å². The van der Waals surface area contributed by atoms with E-state index in [1.165, 1.54) is 44.2 Å². The highest BCUT2D eigenvalue weighted by molar-refractivity contribution is 6.09. The molecule has 0 aliphatic heterocycles. The molecule has 0 saturated heterocycles. The van der Waals surface area contributed by atoms with Crippen molar-refractivity contribution < 1.29 is 4.42 Å². The fourth-order valence-electron chi connectivity index (χ4n) is 7.95. The number of para-hydroxylation sites is 2. The molecule has 0 spiro atoms. The molecule has 254 valence electrons. The summed E-state index contributed by atoms with van der Waals surface area (Å²) in [5.74, 6) is 0. The fourth-order valence-corrected chi connectivity index (χ4v) is 7.95. The van der Waals surface area contributed by atoms with Gasteiger partial charge in [0.25, 0.3) is 0 Å². The van der Waals surface area contributed by atoms with E-state index in [0.717, 1.165) is 50.1 Å². The third-order valence-electron chi connectivity index (χ3n) is 10.5. The second kappa shape index (κ2) is 13.4. The van der Waals surface area contributed by atoms with Gasteiger partial charge in [-0.05, 0) is 80.6 Å². The van der Waals surface area contributed by atoms with Crippen LogP contribution in [-0.2, 0) is 0 Å². The Morgan fingerprint density at radius 1 is 0.333 bits per heavy atom. The topological polar surface area (TPSA) is 16.4 Å². The van der Waals surface area contributed by atoms with Crippen LogP contribution in [0.5, 0.6) is 0 Å². The van der Waals surface area contributed by atoms with E-state index < -0.39 is 0 Å². The molecule has 0 fully saturated rings. The maximum absolute atomic E-state index is 6.45. The third-order valence-corrected chi connectivity index (χ3v) is 10.5. The summed E-state index contributed by atoms with van der Waals surface area (Å²) in [4.78, 5) is 2.42. The highest BCUT2D eigenvalue weighted by Crippen LogP contribution is 2.48. The van der Waals surface area contributed by atoms with Crippen LogP contribution in [0.1, 0.15) is 0 Å². The zero-order valence-electron chi connectivity index (χ0n) is 29.6. The standard InChI is InChI=1S/C52H35NO/c1-3-16-37(17-4-1)43-21-9-10-23-47(43)51-44(38-18-5-2-6-19-38)24-14-27-49(51)53(42-34-29-36-15-7-8-20-40(36)35-42)41-32-30-39(31-33-41)45-25-13-26-48-46-22-11-12-28-50(46)54-52(45)48/h1-35H. The smallest absolute Gasteiger partial charge is 0.143 e. The average Bonchev–Trinajstić information content (AvgIpc) is 3.64. The summed E-state index contributed by atoms with van der Waals surface area (Å²) < 4.78 is 6.45. The van der Waals surface area contributed by atoms with Crippen molar-refractivity contribution >= 4 is 49.8 Å². The number of nitrogens with zero attached hydrogens (tertiary/aromatic N) is 1. The summed E-state index contributed by atoms with van der Waals surface area (Å²) >= 11 is 0. The number of benzene rings is 9. The van der Waals surface area contributed by atoms with Crippen LogP contribution in [0, 0.1) is 0 Å². The second-order valence-corrected chi connectivity index (χ2v) is 13.7. The summed E-state index contributed by atoms with van der Waals surface area (Å²) in [7, 11) is 0. The zero-order chi connectivity index (χ0) is 35.8. The summed E-state index contributed by atoms with van der Waals surface area (Å²) in [5, 5.41) is 4.67. The van der Waals surface area contributed by atoms with E-state index in [9.17, 15) is 0 Å². The molecule has 0 N–H and O–H groups in total. The predicted octanol–water partition coefficient (Wildman–Crippen LogP) is 14.9. The molecule has 1 heterocycles. The van der Waals surface area contributed by atoms with Crippen molar-refractivity contribution in [3.05, 3.63) is 212 Å². The highest BCUT2D eigenvalue weighted by atomic mass is 16.3. The van der Waals surface area contributed by atoms with Gasteiger partial charge in [0.15, 0.2) is 0 Å². The lowest BCUT2D eigenvalue weighted by atomic mass is 9.87. The number of furan rings is 1. The molecule has 0 aliphatic carbocycles. The first-order chi connectivity index (χ1) is 26.8. The molecule has 0 amide bonds. The van der Waals surface area contributed by atoms with Gasteiger partial charge in [-0.3, -0.25) is 0 Å². The number of fused-ring (bicyclic) bond motifs is 4. The van der Waals surface area contributed by atoms with E-state index >= 15 is 0 Å². The largest absolute Gasteiger partial charge is 0.455 e. The van der Waals surface area contributed by atoms with Gasteiger partial charge in [0.1, 0.15) is 11.2 Å². The van der Waals surface area contributed by atoms with Crippen LogP contribution in [0.2, 0.25) is 0 Å². The number of rotatable bonds is 7. The summed E-state index contributed by atoms with van der Waals surface area (Å²) in [6.07, 6.45) is 0. The van der Waals surface area contributed by atoms with E-state index in [0.29, 0.717) is 0 Å². The number of hydrogen-bond donors (Lipinski definition) is 0. The quantitative estimate of drug-likeness (QED) is 0.166. The number of hydrogen-bond acceptors (Lipinski definition) is 2. The molecule has 0 saturated carbocycles. The van der Waals surface area contributed by atoms with Crippen molar-refractivity contribution in [2.75, 3.05) is 4.90 Å². The SMILES string of the molecule is c1ccc(-c2ccccc2-c2c(-c3ccccc3)cccc2N(c2ccc(-c3cccc4c3oc3ccccc34)cc2)c2ccc3ccccc3c2)cc1. The molecule has 2 nitrogen and oxygen atoms in total. The molecule has 9 aromatic carbocycles. The molecule has 2 heteroatoms. The molecule has 54 heavy (non-hydrogen) atoms. The van der Waals surface area contributed by atoms with Gasteiger partial charge in [-0.25, -0.2) is 0 Å². The maximum Gasteiger partial charge on any atom is 0.143 e. The van der Waals surface area contributed by atoms with Crippen molar-refractivity contribution in [1.82, 2.24) is 0 Å². The van der Waals surface area contributed by atoms with Crippen LogP contribution in [0.25, 0.3) is 77.2 Å². The predicted molar refractivity (Wildman–Crippen MR) is 228 cm³/mol. The van der Waals surface area contributed by atoms with Crippen LogP contribution < -0.4 is 4.90 Å². The van der Waals surface area contributed by atoms with Gasteiger partial charge in [-0.15, -0.1) is 0 Å². The Morgan fingerprint density at radius 2 is 0.889 bits per heavy atom. The van der Waals surface area contributed by atoms with Crippen LogP contribution in [0.15, 0.2) is 217 Å². The lowest BCUT2D eigenvalue weighted by molar-refractivity contribution is 0.670. The van der Waals surface area contributed by atoms with Crippen LogP contribution >= 0.6 is 0 Å². The van der Waals surface area contributed by atoms with E-state index in [1.807, 2.05) is 12.1 Å². The van der Waals surface area contributed by atoms with Gasteiger partial charge in [-0.1, -0.05) is 176 Å². The molecule has 0 bridgehead atoms. The first-order valence-electron chi connectivity index (χ1n) is 18.4. The van der Waals surface area contributed by atoms with E-state index in [4.69, 9.17) is 4.42 Å². The maximum atomic E-state index is 6.45. The Hall–Kier alpha value is -7.16. The molecular formula is C52H35NO. The molecule has 10 rings (SSSR count). The lowest BCUT2D eigenvalue weighted by Crippen LogP contribution is -2.12. The second-order valence-electron chi connectivity index (χ2n) is 13.7. The van der Waals surface area contributed by atoms with Crippen LogP contribution in [0.3, 0.4) is 0 Å². The molecule has 0 unspecified atom stereocenters. The minimum absolute atomic E-state index is 0.903. The van der Waals surface area contributed by atoms with Crippen molar-refractivity contribution in [2.45, 2.75) is 0 Å². The molecule has 0 radical (unpaired) electrons. The van der Waals surface area contributed by atoms with Gasteiger partial charge in [0, 0.05) is 33.3 Å². The molecule has 0 atom stereocenters. The first-order valence-corrected chi connectivity index (χ1v) is 18.4.